The summed E-state index contributed by atoms with van der Waals surface area (Å²) in [6.07, 6.45) is 0.780. The molecule has 0 saturated carbocycles. The molecule has 0 unspecified atom stereocenters. The Labute approximate surface area is 199 Å². The lowest BCUT2D eigenvalue weighted by Gasteiger charge is -2.21. The molecule has 1 saturated heterocycles. The minimum Gasteiger partial charge on any atom is -0.497 e. The molecule has 0 radical (unpaired) electrons. The van der Waals surface area contributed by atoms with Crippen molar-refractivity contribution >= 4 is 23.4 Å². The van der Waals surface area contributed by atoms with Crippen LogP contribution >= 0.6 is 0 Å². The number of carbonyl (C=O) groups is 3. The average molecular weight is 470 g/mol. The zero-order chi connectivity index (χ0) is 24.7. The van der Waals surface area contributed by atoms with E-state index in [1.54, 1.807) is 57.5 Å². The molecule has 182 valence electrons. The second kappa shape index (κ2) is 11.4. The SMILES string of the molecule is COc1ccc(NC(=O)CN(C)C(=O)[C@@H]2CC(=O)N(CCc3ccc(OC)c(OC)c3)C2)cc1. The number of likely N-dealkylation sites (N-methyl/N-ethyl adjacent to an activating group) is 1. The Morgan fingerprint density at radius 3 is 2.38 bits per heavy atom. The quantitative estimate of drug-likeness (QED) is 0.573. The molecule has 3 rings (SSSR count). The van der Waals surface area contributed by atoms with Crippen LogP contribution in [0.2, 0.25) is 0 Å². The van der Waals surface area contributed by atoms with E-state index in [-0.39, 0.29) is 30.7 Å². The van der Waals surface area contributed by atoms with Gasteiger partial charge in [0.15, 0.2) is 11.5 Å². The van der Waals surface area contributed by atoms with Crippen LogP contribution in [0.1, 0.15) is 12.0 Å². The van der Waals surface area contributed by atoms with Crippen molar-refractivity contribution in [2.24, 2.45) is 5.92 Å². The summed E-state index contributed by atoms with van der Waals surface area (Å²) in [6, 6.07) is 12.6. The summed E-state index contributed by atoms with van der Waals surface area (Å²) in [4.78, 5) is 40.8. The Morgan fingerprint density at radius 2 is 1.74 bits per heavy atom. The first-order chi connectivity index (χ1) is 16.3. The van der Waals surface area contributed by atoms with Crippen molar-refractivity contribution in [2.75, 3.05) is 53.3 Å². The number of amides is 3. The minimum absolute atomic E-state index is 0.0603. The van der Waals surface area contributed by atoms with E-state index in [2.05, 4.69) is 5.32 Å². The highest BCUT2D eigenvalue weighted by Gasteiger charge is 2.35. The molecule has 1 aliphatic heterocycles. The van der Waals surface area contributed by atoms with Gasteiger partial charge in [-0.1, -0.05) is 6.07 Å². The molecule has 1 aliphatic rings. The maximum absolute atomic E-state index is 12.9. The molecule has 0 aromatic heterocycles. The molecule has 3 amide bonds. The van der Waals surface area contributed by atoms with Gasteiger partial charge in [0, 0.05) is 32.2 Å². The first kappa shape index (κ1) is 24.9. The third kappa shape index (κ3) is 6.18. The number of nitrogens with zero attached hydrogens (tertiary/aromatic N) is 2. The van der Waals surface area contributed by atoms with Gasteiger partial charge < -0.3 is 29.3 Å². The molecule has 1 fully saturated rings. The first-order valence-corrected chi connectivity index (χ1v) is 11.0. The zero-order valence-corrected chi connectivity index (χ0v) is 20.0. The Morgan fingerprint density at radius 1 is 1.03 bits per heavy atom. The normalized spacial score (nSPS) is 15.1. The number of likely N-dealkylation sites (tertiary alicyclic amines) is 1. The molecule has 2 aromatic carbocycles. The van der Waals surface area contributed by atoms with Crippen molar-refractivity contribution in [3.63, 3.8) is 0 Å². The van der Waals surface area contributed by atoms with Crippen molar-refractivity contribution in [2.45, 2.75) is 12.8 Å². The van der Waals surface area contributed by atoms with Crippen LogP contribution < -0.4 is 19.5 Å². The number of anilines is 1. The maximum Gasteiger partial charge on any atom is 0.243 e. The lowest BCUT2D eigenvalue weighted by Crippen LogP contribution is -2.39. The van der Waals surface area contributed by atoms with Crippen molar-refractivity contribution in [1.29, 1.82) is 0 Å². The van der Waals surface area contributed by atoms with Gasteiger partial charge in [-0.25, -0.2) is 0 Å². The zero-order valence-electron chi connectivity index (χ0n) is 20.0. The third-order valence-electron chi connectivity index (χ3n) is 5.81. The molecule has 0 spiro atoms. The fraction of sp³-hybridized carbons (Fsp3) is 0.400. The Hall–Kier alpha value is -3.75. The highest BCUT2D eigenvalue weighted by atomic mass is 16.5. The van der Waals surface area contributed by atoms with E-state index in [4.69, 9.17) is 14.2 Å². The van der Waals surface area contributed by atoms with Crippen molar-refractivity contribution in [3.8, 4) is 17.2 Å². The van der Waals surface area contributed by atoms with E-state index in [1.165, 1.54) is 4.90 Å². The predicted octanol–water partition coefficient (Wildman–Crippen LogP) is 2.20. The second-order valence-corrected chi connectivity index (χ2v) is 8.15. The van der Waals surface area contributed by atoms with Gasteiger partial charge in [0.2, 0.25) is 17.7 Å². The number of hydrogen-bond donors (Lipinski definition) is 1. The number of carbonyl (C=O) groups excluding carboxylic acids is 3. The van der Waals surface area contributed by atoms with E-state index in [0.29, 0.717) is 42.4 Å². The molecule has 1 heterocycles. The van der Waals surface area contributed by atoms with Crippen LogP contribution in [0.25, 0.3) is 0 Å². The van der Waals surface area contributed by atoms with Crippen LogP contribution in [0.15, 0.2) is 42.5 Å². The predicted molar refractivity (Wildman–Crippen MR) is 127 cm³/mol. The topological polar surface area (TPSA) is 97.4 Å². The highest BCUT2D eigenvalue weighted by molar-refractivity contribution is 5.96. The summed E-state index contributed by atoms with van der Waals surface area (Å²) in [5.74, 6) is 0.921. The van der Waals surface area contributed by atoms with Gasteiger partial charge in [0.1, 0.15) is 5.75 Å². The second-order valence-electron chi connectivity index (χ2n) is 8.15. The van der Waals surface area contributed by atoms with Gasteiger partial charge in [0.05, 0.1) is 33.8 Å². The summed E-state index contributed by atoms with van der Waals surface area (Å²) >= 11 is 0. The molecule has 9 heteroatoms. The average Bonchev–Trinajstić information content (AvgIpc) is 3.22. The molecule has 2 aromatic rings. The monoisotopic (exact) mass is 469 g/mol. The molecule has 0 aliphatic carbocycles. The fourth-order valence-corrected chi connectivity index (χ4v) is 3.93. The Kier molecular flexibility index (Phi) is 8.34. The lowest BCUT2D eigenvalue weighted by molar-refractivity contribution is -0.137. The molecule has 1 atom stereocenters. The minimum atomic E-state index is -0.461. The number of benzene rings is 2. The van der Waals surface area contributed by atoms with Crippen LogP contribution in [-0.2, 0) is 20.8 Å². The van der Waals surface area contributed by atoms with E-state index >= 15 is 0 Å². The van der Waals surface area contributed by atoms with Crippen LogP contribution in [-0.4, -0.2) is 75.5 Å². The Bertz CT molecular complexity index is 1020. The van der Waals surface area contributed by atoms with Crippen molar-refractivity contribution < 1.29 is 28.6 Å². The van der Waals surface area contributed by atoms with E-state index < -0.39 is 5.92 Å². The summed E-state index contributed by atoms with van der Waals surface area (Å²) in [6.45, 7) is 0.746. The number of ether oxygens (including phenoxy) is 3. The number of rotatable bonds is 10. The lowest BCUT2D eigenvalue weighted by atomic mass is 10.1. The Balaban J connectivity index is 1.50. The van der Waals surface area contributed by atoms with Gasteiger partial charge in [-0.2, -0.15) is 0 Å². The molecule has 34 heavy (non-hydrogen) atoms. The van der Waals surface area contributed by atoms with E-state index in [1.807, 2.05) is 18.2 Å². The molecule has 0 bridgehead atoms. The largest absolute Gasteiger partial charge is 0.497 e. The molecular weight excluding hydrogens is 438 g/mol. The molecular formula is C25H31N3O6. The smallest absolute Gasteiger partial charge is 0.243 e. The third-order valence-corrected chi connectivity index (χ3v) is 5.81. The van der Waals surface area contributed by atoms with E-state index in [9.17, 15) is 14.4 Å². The van der Waals surface area contributed by atoms with Gasteiger partial charge in [-0.05, 0) is 48.4 Å². The summed E-state index contributed by atoms with van der Waals surface area (Å²) < 4.78 is 15.7. The van der Waals surface area contributed by atoms with Gasteiger partial charge in [0.25, 0.3) is 0 Å². The maximum atomic E-state index is 12.9. The van der Waals surface area contributed by atoms with Crippen LogP contribution in [0.4, 0.5) is 5.69 Å². The fourth-order valence-electron chi connectivity index (χ4n) is 3.93. The van der Waals surface area contributed by atoms with Crippen LogP contribution in [0.3, 0.4) is 0 Å². The molecule has 9 nitrogen and oxygen atoms in total. The number of nitrogens with one attached hydrogen (secondary N) is 1. The van der Waals surface area contributed by atoms with E-state index in [0.717, 1.165) is 5.56 Å². The van der Waals surface area contributed by atoms with Crippen molar-refractivity contribution in [3.05, 3.63) is 48.0 Å². The van der Waals surface area contributed by atoms with Gasteiger partial charge in [-0.3, -0.25) is 14.4 Å². The summed E-state index contributed by atoms with van der Waals surface area (Å²) in [7, 11) is 6.30. The van der Waals surface area contributed by atoms with Crippen LogP contribution in [0.5, 0.6) is 17.2 Å². The highest BCUT2D eigenvalue weighted by Crippen LogP contribution is 2.28. The number of methoxy groups -OCH3 is 3. The summed E-state index contributed by atoms with van der Waals surface area (Å²) in [5.41, 5.74) is 1.62. The number of hydrogen-bond acceptors (Lipinski definition) is 6. The van der Waals surface area contributed by atoms with Gasteiger partial charge in [-0.15, -0.1) is 0 Å². The standard InChI is InChI=1S/C25H31N3O6/c1-27(16-23(29)26-19-6-8-20(32-2)9-7-19)25(31)18-14-24(30)28(15-18)12-11-17-5-10-21(33-3)22(13-17)34-4/h5-10,13,18H,11-12,14-16H2,1-4H3,(H,26,29)/t18-/m1/s1. The van der Waals surface area contributed by atoms with Crippen LogP contribution in [0, 0.1) is 5.92 Å². The first-order valence-electron chi connectivity index (χ1n) is 11.0. The van der Waals surface area contributed by atoms with Crippen molar-refractivity contribution in [1.82, 2.24) is 9.80 Å². The summed E-state index contributed by atoms with van der Waals surface area (Å²) in [5, 5.41) is 2.76. The molecule has 1 N–H and O–H groups in total. The van der Waals surface area contributed by atoms with Gasteiger partial charge >= 0.3 is 0 Å².